The highest BCUT2D eigenvalue weighted by Gasteiger charge is 2.37. The first-order chi connectivity index (χ1) is 11.5. The van der Waals surface area contributed by atoms with Crippen molar-refractivity contribution in [1.82, 2.24) is 15.5 Å². The van der Waals surface area contributed by atoms with Crippen LogP contribution in [0.3, 0.4) is 0 Å². The number of piperidine rings is 1. The molecule has 3 fully saturated rings. The van der Waals surface area contributed by atoms with Crippen molar-refractivity contribution >= 4 is 0 Å². The average Bonchev–Trinajstić information content (AvgIpc) is 3.01. The second-order valence-corrected chi connectivity index (χ2v) is 9.38. The molecule has 0 aromatic rings. The number of likely N-dealkylation sites (tertiary alicyclic amines) is 1. The number of rotatable bonds is 5. The standard InChI is InChI=1S/C20H39N3O/c1-15-10-16(2)12-23(11-15)20(3,4)14-22-18-7-5-6-17(18)19-13-24-9-8-21-19/h15-19,21-22H,5-14H2,1-4H3. The van der Waals surface area contributed by atoms with E-state index in [2.05, 4.69) is 43.2 Å². The molecule has 0 bridgehead atoms. The third kappa shape index (κ3) is 4.51. The molecular formula is C20H39N3O. The van der Waals surface area contributed by atoms with Gasteiger partial charge in [0, 0.05) is 43.8 Å². The fourth-order valence-electron chi connectivity index (χ4n) is 5.23. The predicted molar refractivity (Wildman–Crippen MR) is 100 cm³/mol. The molecule has 5 atom stereocenters. The van der Waals surface area contributed by atoms with Crippen LogP contribution < -0.4 is 10.6 Å². The summed E-state index contributed by atoms with van der Waals surface area (Å²) in [5.74, 6) is 2.40. The number of hydrogen-bond donors (Lipinski definition) is 2. The zero-order valence-corrected chi connectivity index (χ0v) is 16.3. The molecule has 1 aliphatic carbocycles. The summed E-state index contributed by atoms with van der Waals surface area (Å²) in [6.45, 7) is 16.1. The van der Waals surface area contributed by atoms with E-state index in [1.807, 2.05) is 0 Å². The summed E-state index contributed by atoms with van der Waals surface area (Å²) < 4.78 is 5.71. The van der Waals surface area contributed by atoms with Crippen LogP contribution in [0.2, 0.25) is 0 Å². The second-order valence-electron chi connectivity index (χ2n) is 9.38. The van der Waals surface area contributed by atoms with Crippen LogP contribution in [0.15, 0.2) is 0 Å². The molecule has 0 amide bonds. The van der Waals surface area contributed by atoms with Gasteiger partial charge in [0.1, 0.15) is 0 Å². The van der Waals surface area contributed by atoms with E-state index in [9.17, 15) is 0 Å². The summed E-state index contributed by atoms with van der Waals surface area (Å²) in [6.07, 6.45) is 5.42. The number of morpholine rings is 1. The van der Waals surface area contributed by atoms with Crippen LogP contribution in [-0.4, -0.2) is 61.9 Å². The zero-order chi connectivity index (χ0) is 17.2. The molecule has 4 nitrogen and oxygen atoms in total. The summed E-state index contributed by atoms with van der Waals surface area (Å²) >= 11 is 0. The Labute approximate surface area is 149 Å². The minimum Gasteiger partial charge on any atom is -0.379 e. The van der Waals surface area contributed by atoms with Crippen LogP contribution in [0.4, 0.5) is 0 Å². The highest BCUT2D eigenvalue weighted by Crippen LogP contribution is 2.31. The maximum atomic E-state index is 5.71. The molecule has 5 unspecified atom stereocenters. The summed E-state index contributed by atoms with van der Waals surface area (Å²) in [4.78, 5) is 2.73. The summed E-state index contributed by atoms with van der Waals surface area (Å²) in [6, 6.07) is 1.21. The van der Waals surface area contributed by atoms with Crippen molar-refractivity contribution in [2.24, 2.45) is 17.8 Å². The molecule has 3 aliphatic rings. The van der Waals surface area contributed by atoms with Gasteiger partial charge in [-0.25, -0.2) is 0 Å². The lowest BCUT2D eigenvalue weighted by atomic mass is 9.87. The molecule has 140 valence electrons. The summed E-state index contributed by atoms with van der Waals surface area (Å²) in [5, 5.41) is 7.65. The van der Waals surface area contributed by atoms with Crippen molar-refractivity contribution in [1.29, 1.82) is 0 Å². The minimum absolute atomic E-state index is 0.243. The van der Waals surface area contributed by atoms with E-state index in [0.717, 1.165) is 44.1 Å². The Morgan fingerprint density at radius 3 is 2.58 bits per heavy atom. The van der Waals surface area contributed by atoms with Gasteiger partial charge in [-0.3, -0.25) is 4.90 Å². The van der Waals surface area contributed by atoms with E-state index in [4.69, 9.17) is 4.74 Å². The monoisotopic (exact) mass is 337 g/mol. The minimum atomic E-state index is 0.243. The van der Waals surface area contributed by atoms with Crippen molar-refractivity contribution < 1.29 is 4.74 Å². The topological polar surface area (TPSA) is 36.5 Å². The van der Waals surface area contributed by atoms with E-state index in [-0.39, 0.29) is 5.54 Å². The number of hydrogen-bond acceptors (Lipinski definition) is 4. The van der Waals surface area contributed by atoms with Crippen LogP contribution in [0, 0.1) is 17.8 Å². The molecule has 0 aromatic carbocycles. The first-order valence-electron chi connectivity index (χ1n) is 10.3. The van der Waals surface area contributed by atoms with Crippen molar-refractivity contribution in [3.8, 4) is 0 Å². The Morgan fingerprint density at radius 1 is 1.17 bits per heavy atom. The van der Waals surface area contributed by atoms with Gasteiger partial charge in [0.15, 0.2) is 0 Å². The van der Waals surface area contributed by atoms with Gasteiger partial charge in [-0.05, 0) is 50.9 Å². The van der Waals surface area contributed by atoms with Crippen molar-refractivity contribution in [2.75, 3.05) is 39.4 Å². The zero-order valence-electron chi connectivity index (χ0n) is 16.3. The van der Waals surface area contributed by atoms with E-state index < -0.39 is 0 Å². The molecule has 0 radical (unpaired) electrons. The Hall–Kier alpha value is -0.160. The molecule has 24 heavy (non-hydrogen) atoms. The van der Waals surface area contributed by atoms with Gasteiger partial charge in [-0.2, -0.15) is 0 Å². The van der Waals surface area contributed by atoms with Crippen molar-refractivity contribution in [3.05, 3.63) is 0 Å². The molecule has 2 N–H and O–H groups in total. The van der Waals surface area contributed by atoms with E-state index in [0.29, 0.717) is 12.1 Å². The van der Waals surface area contributed by atoms with Gasteiger partial charge < -0.3 is 15.4 Å². The fourth-order valence-corrected chi connectivity index (χ4v) is 5.23. The SMILES string of the molecule is CC1CC(C)CN(C(C)(C)CNC2CCCC2C2COCCN2)C1. The van der Waals surface area contributed by atoms with Gasteiger partial charge in [0.25, 0.3) is 0 Å². The predicted octanol–water partition coefficient (Wildman–Crippen LogP) is 2.49. The molecule has 4 heteroatoms. The van der Waals surface area contributed by atoms with E-state index in [1.54, 1.807) is 0 Å². The molecular weight excluding hydrogens is 298 g/mol. The lowest BCUT2D eigenvalue weighted by molar-refractivity contribution is 0.0365. The lowest BCUT2D eigenvalue weighted by Gasteiger charge is -2.46. The van der Waals surface area contributed by atoms with Gasteiger partial charge in [-0.1, -0.05) is 20.3 Å². The van der Waals surface area contributed by atoms with Gasteiger partial charge in [0.2, 0.25) is 0 Å². The summed E-state index contributed by atoms with van der Waals surface area (Å²) in [5.41, 5.74) is 0.243. The lowest BCUT2D eigenvalue weighted by Crippen LogP contribution is -2.58. The first-order valence-corrected chi connectivity index (χ1v) is 10.3. The van der Waals surface area contributed by atoms with Gasteiger partial charge in [-0.15, -0.1) is 0 Å². The Kier molecular flexibility index (Phi) is 6.23. The molecule has 0 spiro atoms. The largest absolute Gasteiger partial charge is 0.379 e. The van der Waals surface area contributed by atoms with Gasteiger partial charge in [0.05, 0.1) is 13.2 Å². The molecule has 3 rings (SSSR count). The van der Waals surface area contributed by atoms with E-state index >= 15 is 0 Å². The van der Waals surface area contributed by atoms with Crippen LogP contribution in [-0.2, 0) is 4.74 Å². The van der Waals surface area contributed by atoms with E-state index in [1.165, 1.54) is 38.8 Å². The second kappa shape index (κ2) is 8.03. The number of nitrogens with zero attached hydrogens (tertiary/aromatic N) is 1. The highest BCUT2D eigenvalue weighted by atomic mass is 16.5. The van der Waals surface area contributed by atoms with Crippen LogP contribution in [0.1, 0.15) is 53.4 Å². The normalized spacial score (nSPS) is 39.2. The van der Waals surface area contributed by atoms with Crippen molar-refractivity contribution in [3.63, 3.8) is 0 Å². The van der Waals surface area contributed by atoms with Crippen LogP contribution >= 0.6 is 0 Å². The maximum absolute atomic E-state index is 5.71. The fraction of sp³-hybridized carbons (Fsp3) is 1.00. The first kappa shape index (κ1) is 18.6. The van der Waals surface area contributed by atoms with Crippen LogP contribution in [0.25, 0.3) is 0 Å². The van der Waals surface area contributed by atoms with Gasteiger partial charge >= 0.3 is 0 Å². The highest BCUT2D eigenvalue weighted by molar-refractivity contribution is 4.95. The number of ether oxygens (including phenoxy) is 1. The molecule has 1 saturated carbocycles. The third-order valence-electron chi connectivity index (χ3n) is 6.56. The molecule has 2 aliphatic heterocycles. The molecule has 0 aromatic heterocycles. The van der Waals surface area contributed by atoms with Crippen LogP contribution in [0.5, 0.6) is 0 Å². The Morgan fingerprint density at radius 2 is 1.92 bits per heavy atom. The summed E-state index contributed by atoms with van der Waals surface area (Å²) in [7, 11) is 0. The quantitative estimate of drug-likeness (QED) is 0.808. The Balaban J connectivity index is 1.53. The average molecular weight is 338 g/mol. The molecule has 2 saturated heterocycles. The third-order valence-corrected chi connectivity index (χ3v) is 6.56. The maximum Gasteiger partial charge on any atom is 0.0623 e. The number of nitrogens with one attached hydrogen (secondary N) is 2. The van der Waals surface area contributed by atoms with Crippen molar-refractivity contribution in [2.45, 2.75) is 71.0 Å². The molecule has 2 heterocycles. The smallest absolute Gasteiger partial charge is 0.0623 e. The Bertz CT molecular complexity index is 384.